The Balaban J connectivity index is 0.000000153. The van der Waals surface area contributed by atoms with Gasteiger partial charge in [-0.25, -0.2) is 14.2 Å². The van der Waals surface area contributed by atoms with E-state index in [4.69, 9.17) is 0 Å². The van der Waals surface area contributed by atoms with Gasteiger partial charge in [-0.2, -0.15) is 0 Å². The first-order chi connectivity index (χ1) is 27.7. The van der Waals surface area contributed by atoms with Gasteiger partial charge in [-0.05, 0) is 96.9 Å². The number of nitrogens with zero attached hydrogens (tertiary/aromatic N) is 10. The summed E-state index contributed by atoms with van der Waals surface area (Å²) in [7, 11) is 3.98. The standard InChI is InChI=1S/C22H23N5O.C21H21N5O.C2H6/c1-16-6-4-11-26-19(16)14-27(21(26)28)18-8-3-7-17(12-18)22(9-5-10-22)13-20-24-23-15-25(20)2;1-24-15-22-23-19(24)13-21(9-5-10-21)16-6-4-8-17(12-16)26-14-18-7-2-3-11-25(18)20(26)27;1-2/h3-4,6-8,11-12,14-15H,5,9-10,13H2,1-2H3;2-4,6-8,11-12,14-15H,5,9-10,13H2,1H3;1-2H3/q+1;;. The second-order valence-electron chi connectivity index (χ2n) is 15.4. The van der Waals surface area contributed by atoms with Crippen LogP contribution in [0.3, 0.4) is 0 Å². The van der Waals surface area contributed by atoms with Gasteiger partial charge in [0.2, 0.25) is 0 Å². The predicted octanol–water partition coefficient (Wildman–Crippen LogP) is 7.75. The maximum absolute atomic E-state index is 12.9. The van der Waals surface area contributed by atoms with E-state index < -0.39 is 0 Å². The van der Waals surface area contributed by atoms with Crippen molar-refractivity contribution in [3.63, 3.8) is 0 Å². The van der Waals surface area contributed by atoms with Crippen molar-refractivity contribution in [1.29, 1.82) is 0 Å². The average molecular weight is 763 g/mol. The molecular formula is C45H50N10O2+. The highest BCUT2D eigenvalue weighted by Crippen LogP contribution is 2.49. The van der Waals surface area contributed by atoms with Gasteiger partial charge >= 0.3 is 23.9 Å². The quantitative estimate of drug-likeness (QED) is 0.148. The lowest BCUT2D eigenvalue weighted by molar-refractivity contribution is -0.477. The fraction of sp³-hybridized carbons (Fsp3) is 0.333. The molecule has 0 N–H and O–H groups in total. The molecule has 57 heavy (non-hydrogen) atoms. The number of fused-ring (bicyclic) bond motifs is 2. The Kier molecular flexibility index (Phi) is 10.2. The van der Waals surface area contributed by atoms with Crippen molar-refractivity contribution in [1.82, 2.24) is 32.7 Å². The van der Waals surface area contributed by atoms with Crippen LogP contribution in [0.25, 0.3) is 22.4 Å². The Morgan fingerprint density at radius 1 is 0.737 bits per heavy atom. The normalized spacial score (nSPS) is 16.6. The largest absolute Gasteiger partial charge is 0.337 e. The van der Waals surface area contributed by atoms with E-state index in [-0.39, 0.29) is 22.2 Å². The zero-order valence-electron chi connectivity index (χ0n) is 33.4. The predicted molar refractivity (Wildman–Crippen MR) is 223 cm³/mol. The van der Waals surface area contributed by atoms with Gasteiger partial charge in [-0.15, -0.1) is 10.2 Å². The maximum atomic E-state index is 12.9. The topological polar surface area (TPSA) is 111 Å². The summed E-state index contributed by atoms with van der Waals surface area (Å²) in [5.74, 6) is 1.01. The molecule has 2 fully saturated rings. The van der Waals surface area contributed by atoms with Crippen LogP contribution in [-0.2, 0) is 24.3 Å². The van der Waals surface area contributed by atoms with Crippen molar-refractivity contribution in [2.24, 2.45) is 17.3 Å². The molecule has 12 heteroatoms. The van der Waals surface area contributed by atoms with E-state index in [1.165, 1.54) is 24.0 Å². The van der Waals surface area contributed by atoms with Crippen LogP contribution >= 0.6 is 0 Å². The van der Waals surface area contributed by atoms with Gasteiger partial charge < -0.3 is 4.57 Å². The van der Waals surface area contributed by atoms with Crippen LogP contribution in [0.15, 0.2) is 130 Å². The van der Waals surface area contributed by atoms with E-state index in [0.29, 0.717) is 0 Å². The lowest BCUT2D eigenvalue weighted by Gasteiger charge is -2.42. The monoisotopic (exact) mass is 762 g/mol. The van der Waals surface area contributed by atoms with Crippen molar-refractivity contribution in [3.05, 3.63) is 160 Å². The SMILES string of the molecule is CC.Cc1cccn2c(=O)n(-c3cccc(C4(C[C]5N=NC=[N+]5C)CCC4)c3)cc12.Cn1cnnc1CC1(c2cccc(-n3cc4ccccn4c3=O)c2)CCC1. The Labute approximate surface area is 332 Å². The van der Waals surface area contributed by atoms with Crippen LogP contribution in [0.4, 0.5) is 0 Å². The van der Waals surface area contributed by atoms with E-state index in [0.717, 1.165) is 78.5 Å². The Morgan fingerprint density at radius 2 is 1.37 bits per heavy atom. The molecule has 12 nitrogen and oxygen atoms in total. The molecule has 291 valence electrons. The molecule has 7 aromatic rings. The number of aromatic nitrogens is 7. The minimum absolute atomic E-state index is 0.0354. The molecule has 3 aliphatic rings. The fourth-order valence-electron chi connectivity index (χ4n) is 8.52. The highest BCUT2D eigenvalue weighted by molar-refractivity contribution is 5.55. The van der Waals surface area contributed by atoms with Crippen LogP contribution in [0.1, 0.15) is 81.3 Å². The number of imidazole rings is 2. The molecule has 1 aliphatic heterocycles. The molecule has 5 aromatic heterocycles. The van der Waals surface area contributed by atoms with Gasteiger partial charge in [0.1, 0.15) is 12.2 Å². The molecule has 0 spiro atoms. The van der Waals surface area contributed by atoms with Crippen LogP contribution in [0, 0.1) is 13.1 Å². The summed E-state index contributed by atoms with van der Waals surface area (Å²) in [6.07, 6.45) is 20.7. The molecule has 2 aliphatic carbocycles. The minimum Gasteiger partial charge on any atom is -0.321 e. The van der Waals surface area contributed by atoms with E-state index in [2.05, 4.69) is 56.8 Å². The van der Waals surface area contributed by atoms with Crippen molar-refractivity contribution in [2.75, 3.05) is 7.05 Å². The van der Waals surface area contributed by atoms with Crippen molar-refractivity contribution < 1.29 is 4.58 Å². The fourth-order valence-corrected chi connectivity index (χ4v) is 8.52. The molecule has 1 radical (unpaired) electrons. The van der Waals surface area contributed by atoms with Crippen LogP contribution < -0.4 is 11.4 Å². The second-order valence-corrected chi connectivity index (χ2v) is 15.4. The van der Waals surface area contributed by atoms with Gasteiger partial charge in [0.15, 0.2) is 0 Å². The number of aryl methyl sites for hydroxylation is 2. The Hall–Kier alpha value is -6.17. The summed E-state index contributed by atoms with van der Waals surface area (Å²) in [4.78, 5) is 25.7. The molecule has 10 rings (SSSR count). The van der Waals surface area contributed by atoms with Gasteiger partial charge in [0.25, 0.3) is 0 Å². The third kappa shape index (κ3) is 6.87. The smallest absolute Gasteiger partial charge is 0.321 e. The summed E-state index contributed by atoms with van der Waals surface area (Å²) >= 11 is 0. The second kappa shape index (κ2) is 15.4. The van der Waals surface area contributed by atoms with E-state index >= 15 is 0 Å². The highest BCUT2D eigenvalue weighted by atomic mass is 16.2. The maximum Gasteiger partial charge on any atom is 0.337 e. The van der Waals surface area contributed by atoms with Crippen LogP contribution in [0.2, 0.25) is 0 Å². The van der Waals surface area contributed by atoms with Gasteiger partial charge in [0.05, 0.1) is 34.6 Å². The first kappa shape index (κ1) is 37.7. The Bertz CT molecular complexity index is 2730. The third-order valence-corrected chi connectivity index (χ3v) is 12.2. The summed E-state index contributed by atoms with van der Waals surface area (Å²) in [5, 5.41) is 16.6. The van der Waals surface area contributed by atoms with Crippen LogP contribution in [0.5, 0.6) is 0 Å². The number of azo groups is 1. The van der Waals surface area contributed by atoms with Crippen molar-refractivity contribution in [3.8, 4) is 11.4 Å². The molecule has 0 amide bonds. The van der Waals surface area contributed by atoms with E-state index in [9.17, 15) is 9.59 Å². The number of hydrogen-bond acceptors (Lipinski definition) is 6. The lowest BCUT2D eigenvalue weighted by atomic mass is 9.62. The van der Waals surface area contributed by atoms with Gasteiger partial charge in [-0.3, -0.25) is 17.9 Å². The molecule has 6 heterocycles. The average Bonchev–Trinajstić information content (AvgIpc) is 3.99. The molecule has 0 saturated heterocycles. The van der Waals surface area contributed by atoms with Crippen LogP contribution in [-0.4, -0.2) is 50.7 Å². The lowest BCUT2D eigenvalue weighted by Crippen LogP contribution is -2.37. The number of hydrogen-bond donors (Lipinski definition) is 0. The third-order valence-electron chi connectivity index (χ3n) is 12.2. The summed E-state index contributed by atoms with van der Waals surface area (Å²) < 4.78 is 10.9. The first-order valence-electron chi connectivity index (χ1n) is 20.0. The van der Waals surface area contributed by atoms with Crippen molar-refractivity contribution >= 4 is 17.4 Å². The molecule has 0 unspecified atom stereocenters. The molecule has 2 aromatic carbocycles. The minimum atomic E-state index is -0.0429. The summed E-state index contributed by atoms with van der Waals surface area (Å²) in [5.41, 5.74) is 7.38. The Morgan fingerprint density at radius 3 is 1.93 bits per heavy atom. The summed E-state index contributed by atoms with van der Waals surface area (Å²) in [6.45, 7) is 6.03. The molecule has 0 bridgehead atoms. The number of benzene rings is 2. The van der Waals surface area contributed by atoms with E-state index in [1.54, 1.807) is 36.8 Å². The van der Waals surface area contributed by atoms with E-state index in [1.807, 2.05) is 105 Å². The first-order valence-corrected chi connectivity index (χ1v) is 20.0. The zero-order chi connectivity index (χ0) is 39.7. The summed E-state index contributed by atoms with van der Waals surface area (Å²) in [6, 6.07) is 26.5. The number of pyridine rings is 2. The van der Waals surface area contributed by atoms with Gasteiger partial charge in [-0.1, -0.05) is 63.1 Å². The van der Waals surface area contributed by atoms with Gasteiger partial charge in [0, 0.05) is 55.5 Å². The highest BCUT2D eigenvalue weighted by Gasteiger charge is 2.44. The molecule has 2 saturated carbocycles. The molecular weight excluding hydrogens is 713 g/mol. The molecule has 0 atom stereocenters. The number of rotatable bonds is 8. The zero-order valence-corrected chi connectivity index (χ0v) is 33.4. The van der Waals surface area contributed by atoms with Crippen molar-refractivity contribution in [2.45, 2.75) is 83.0 Å².